The molecule has 0 aliphatic carbocycles. The Hall–Kier alpha value is -2.90. The first-order valence-corrected chi connectivity index (χ1v) is 10.5. The molecule has 1 aromatic heterocycles. The topological polar surface area (TPSA) is 78.3 Å². The van der Waals surface area contributed by atoms with E-state index in [-0.39, 0.29) is 0 Å². The van der Waals surface area contributed by atoms with Gasteiger partial charge in [0.05, 0.1) is 16.3 Å². The van der Waals surface area contributed by atoms with Crippen LogP contribution in [0.25, 0.3) is 0 Å². The van der Waals surface area contributed by atoms with Gasteiger partial charge in [0.15, 0.2) is 0 Å². The highest BCUT2D eigenvalue weighted by atomic mass is 35.5. The van der Waals surface area contributed by atoms with Gasteiger partial charge in [-0.3, -0.25) is 0 Å². The fourth-order valence-electron chi connectivity index (χ4n) is 3.11. The third-order valence-corrected chi connectivity index (χ3v) is 5.35. The van der Waals surface area contributed by atoms with Crippen LogP contribution in [0.2, 0.25) is 10.0 Å². The standard InChI is InChI=1S/C21H21Cl2N7/c22-17-10-9-15(13-18(17)23)14-24-29-20-26-19(25-16-7-3-1-4-8-16)27-21(28-20)30-11-5-2-6-12-30/h1,3-4,7-10,13-14H,2,5-6,11-12H2,(H2,25,26,27,28,29)/b24-14-. The Morgan fingerprint density at radius 1 is 0.867 bits per heavy atom. The molecule has 3 aromatic rings. The van der Waals surface area contributed by atoms with Crippen molar-refractivity contribution in [1.82, 2.24) is 15.0 Å². The minimum absolute atomic E-state index is 0.361. The molecular weight excluding hydrogens is 421 g/mol. The molecule has 1 aliphatic rings. The maximum Gasteiger partial charge on any atom is 0.250 e. The van der Waals surface area contributed by atoms with E-state index in [1.54, 1.807) is 18.3 Å². The van der Waals surface area contributed by atoms with Crippen LogP contribution in [0.3, 0.4) is 0 Å². The highest BCUT2D eigenvalue weighted by Crippen LogP contribution is 2.22. The molecule has 0 spiro atoms. The number of aromatic nitrogens is 3. The first-order valence-electron chi connectivity index (χ1n) is 9.74. The Bertz CT molecular complexity index is 1020. The van der Waals surface area contributed by atoms with Crippen LogP contribution < -0.4 is 15.6 Å². The summed E-state index contributed by atoms with van der Waals surface area (Å²) in [6, 6.07) is 15.1. The quantitative estimate of drug-likeness (QED) is 0.395. The van der Waals surface area contributed by atoms with Crippen LogP contribution in [0.15, 0.2) is 53.6 Å². The molecule has 0 atom stereocenters. The molecule has 1 saturated heterocycles. The predicted octanol–water partition coefficient (Wildman–Crippen LogP) is 5.36. The van der Waals surface area contributed by atoms with Gasteiger partial charge in [0.1, 0.15) is 0 Å². The molecule has 9 heteroatoms. The maximum atomic E-state index is 6.05. The van der Waals surface area contributed by atoms with Crippen molar-refractivity contribution in [2.45, 2.75) is 19.3 Å². The monoisotopic (exact) mass is 441 g/mol. The highest BCUT2D eigenvalue weighted by molar-refractivity contribution is 6.42. The summed E-state index contributed by atoms with van der Waals surface area (Å²) in [6.45, 7) is 1.86. The molecule has 4 rings (SSSR count). The zero-order valence-corrected chi connectivity index (χ0v) is 17.7. The van der Waals surface area contributed by atoms with Gasteiger partial charge in [-0.1, -0.05) is 47.5 Å². The average Bonchev–Trinajstić information content (AvgIpc) is 2.77. The van der Waals surface area contributed by atoms with Crippen molar-refractivity contribution >= 4 is 52.9 Å². The van der Waals surface area contributed by atoms with Crippen LogP contribution in [0.5, 0.6) is 0 Å². The van der Waals surface area contributed by atoms with E-state index in [2.05, 4.69) is 35.7 Å². The van der Waals surface area contributed by atoms with E-state index in [4.69, 9.17) is 23.2 Å². The van der Waals surface area contributed by atoms with Gasteiger partial charge < -0.3 is 10.2 Å². The number of benzene rings is 2. The van der Waals surface area contributed by atoms with Crippen molar-refractivity contribution in [2.24, 2.45) is 5.10 Å². The van der Waals surface area contributed by atoms with Gasteiger partial charge in [-0.25, -0.2) is 5.43 Å². The summed E-state index contributed by atoms with van der Waals surface area (Å²) in [4.78, 5) is 15.8. The average molecular weight is 442 g/mol. The molecule has 0 bridgehead atoms. The number of halogens is 2. The summed E-state index contributed by atoms with van der Waals surface area (Å²) in [5.74, 6) is 1.46. The van der Waals surface area contributed by atoms with Gasteiger partial charge in [0, 0.05) is 18.8 Å². The summed E-state index contributed by atoms with van der Waals surface area (Å²) in [6.07, 6.45) is 5.13. The van der Waals surface area contributed by atoms with Gasteiger partial charge >= 0.3 is 0 Å². The zero-order chi connectivity index (χ0) is 20.8. The van der Waals surface area contributed by atoms with Gasteiger partial charge in [-0.05, 0) is 49.1 Å². The fraction of sp³-hybridized carbons (Fsp3) is 0.238. The van der Waals surface area contributed by atoms with E-state index >= 15 is 0 Å². The lowest BCUT2D eigenvalue weighted by Gasteiger charge is -2.26. The van der Waals surface area contributed by atoms with Crippen molar-refractivity contribution in [3.05, 3.63) is 64.1 Å². The maximum absolute atomic E-state index is 6.05. The lowest BCUT2D eigenvalue weighted by Crippen LogP contribution is -2.31. The Kier molecular flexibility index (Phi) is 6.61. The summed E-state index contributed by atoms with van der Waals surface area (Å²) < 4.78 is 0. The second-order valence-electron chi connectivity index (χ2n) is 6.86. The number of nitrogens with zero attached hydrogens (tertiary/aromatic N) is 5. The van der Waals surface area contributed by atoms with Crippen LogP contribution in [-0.4, -0.2) is 34.3 Å². The third kappa shape index (κ3) is 5.37. The molecule has 30 heavy (non-hydrogen) atoms. The summed E-state index contributed by atoms with van der Waals surface area (Å²) in [7, 11) is 0. The molecule has 0 radical (unpaired) electrons. The second-order valence-corrected chi connectivity index (χ2v) is 7.68. The molecule has 2 heterocycles. The first-order chi connectivity index (χ1) is 14.7. The van der Waals surface area contributed by atoms with Gasteiger partial charge in [-0.15, -0.1) is 0 Å². The van der Waals surface area contributed by atoms with E-state index < -0.39 is 0 Å². The Balaban J connectivity index is 1.56. The Labute approximate surface area is 185 Å². The van der Waals surface area contributed by atoms with Gasteiger partial charge in [-0.2, -0.15) is 20.1 Å². The van der Waals surface area contributed by atoms with Crippen molar-refractivity contribution in [3.8, 4) is 0 Å². The van der Waals surface area contributed by atoms with Crippen LogP contribution in [0, 0.1) is 0 Å². The molecule has 1 fully saturated rings. The summed E-state index contributed by atoms with van der Waals surface area (Å²) in [5.41, 5.74) is 4.61. The van der Waals surface area contributed by atoms with E-state index in [0.29, 0.717) is 27.9 Å². The van der Waals surface area contributed by atoms with E-state index in [9.17, 15) is 0 Å². The minimum Gasteiger partial charge on any atom is -0.341 e. The van der Waals surface area contributed by atoms with Crippen LogP contribution in [-0.2, 0) is 0 Å². The van der Waals surface area contributed by atoms with Crippen molar-refractivity contribution in [2.75, 3.05) is 28.7 Å². The first kappa shape index (κ1) is 20.4. The van der Waals surface area contributed by atoms with Crippen molar-refractivity contribution in [3.63, 3.8) is 0 Å². The lowest BCUT2D eigenvalue weighted by atomic mass is 10.1. The van der Waals surface area contributed by atoms with E-state index in [1.165, 1.54) is 6.42 Å². The van der Waals surface area contributed by atoms with Crippen LogP contribution in [0.4, 0.5) is 23.5 Å². The predicted molar refractivity (Wildman–Crippen MR) is 123 cm³/mol. The molecule has 2 N–H and O–H groups in total. The van der Waals surface area contributed by atoms with Gasteiger partial charge in [0.2, 0.25) is 17.8 Å². The second kappa shape index (κ2) is 9.73. The van der Waals surface area contributed by atoms with E-state index in [1.807, 2.05) is 36.4 Å². The number of para-hydroxylation sites is 1. The SMILES string of the molecule is Clc1ccc(/C=N\Nc2nc(Nc3ccccc3)nc(N3CCCCC3)n2)cc1Cl. The number of rotatable bonds is 6. The molecule has 2 aromatic carbocycles. The molecule has 7 nitrogen and oxygen atoms in total. The molecule has 154 valence electrons. The van der Waals surface area contributed by atoms with Crippen LogP contribution >= 0.6 is 23.2 Å². The fourth-order valence-corrected chi connectivity index (χ4v) is 3.42. The molecular formula is C21H21Cl2N7. The number of nitrogens with one attached hydrogen (secondary N) is 2. The molecule has 0 unspecified atom stereocenters. The number of hydrogen-bond donors (Lipinski definition) is 2. The molecule has 1 aliphatic heterocycles. The number of piperidine rings is 1. The number of hydrazone groups is 1. The third-order valence-electron chi connectivity index (χ3n) is 4.61. The number of hydrogen-bond acceptors (Lipinski definition) is 7. The normalized spacial score (nSPS) is 14.1. The largest absolute Gasteiger partial charge is 0.341 e. The number of anilines is 4. The van der Waals surface area contributed by atoms with Crippen molar-refractivity contribution < 1.29 is 0 Å². The highest BCUT2D eigenvalue weighted by Gasteiger charge is 2.16. The molecule has 0 saturated carbocycles. The smallest absolute Gasteiger partial charge is 0.250 e. The van der Waals surface area contributed by atoms with E-state index in [0.717, 1.165) is 37.2 Å². The molecule has 0 amide bonds. The van der Waals surface area contributed by atoms with Gasteiger partial charge in [0.25, 0.3) is 0 Å². The zero-order valence-electron chi connectivity index (χ0n) is 16.2. The lowest BCUT2D eigenvalue weighted by molar-refractivity contribution is 0.568. The minimum atomic E-state index is 0.361. The summed E-state index contributed by atoms with van der Waals surface area (Å²) in [5, 5.41) is 8.45. The summed E-state index contributed by atoms with van der Waals surface area (Å²) >= 11 is 12.0. The Morgan fingerprint density at radius 3 is 2.40 bits per heavy atom. The van der Waals surface area contributed by atoms with Crippen molar-refractivity contribution in [1.29, 1.82) is 0 Å². The van der Waals surface area contributed by atoms with Crippen LogP contribution in [0.1, 0.15) is 24.8 Å². The Morgan fingerprint density at radius 2 is 1.63 bits per heavy atom.